The molecule has 0 spiro atoms. The number of fused-ring (bicyclic) bond motifs is 3. The van der Waals surface area contributed by atoms with Crippen LogP contribution in [0.5, 0.6) is 0 Å². The number of aryl methyl sites for hydroxylation is 2. The second kappa shape index (κ2) is 6.58. The lowest BCUT2D eigenvalue weighted by molar-refractivity contribution is 1.47. The van der Waals surface area contributed by atoms with Gasteiger partial charge in [0, 0.05) is 0 Å². The van der Waals surface area contributed by atoms with Crippen LogP contribution < -0.4 is 0 Å². The molecule has 0 saturated heterocycles. The number of hydrogen-bond donors (Lipinski definition) is 0. The summed E-state index contributed by atoms with van der Waals surface area (Å²) in [7, 11) is 0. The molecule has 0 saturated carbocycles. The Balaban J connectivity index is 0.000000774. The minimum absolute atomic E-state index is 1.31. The zero-order valence-electron chi connectivity index (χ0n) is 13.7. The van der Waals surface area contributed by atoms with Gasteiger partial charge in [-0.25, -0.2) is 0 Å². The Morgan fingerprint density at radius 3 is 2.10 bits per heavy atom. The predicted molar refractivity (Wildman–Crippen MR) is 97.0 cm³/mol. The molecule has 0 aliphatic heterocycles. The average molecular weight is 276 g/mol. The summed E-state index contributed by atoms with van der Waals surface area (Å²) in [6, 6.07) is 15.6. The fourth-order valence-electron chi connectivity index (χ4n) is 2.83. The Morgan fingerprint density at radius 2 is 1.43 bits per heavy atom. The van der Waals surface area contributed by atoms with Crippen molar-refractivity contribution in [3.8, 4) is 0 Å². The molecule has 21 heavy (non-hydrogen) atoms. The van der Waals surface area contributed by atoms with Gasteiger partial charge in [-0.15, -0.1) is 0 Å². The quantitative estimate of drug-likeness (QED) is 0.435. The lowest BCUT2D eigenvalue weighted by Gasteiger charge is -2.10. The Morgan fingerprint density at radius 1 is 0.762 bits per heavy atom. The van der Waals surface area contributed by atoms with E-state index in [4.69, 9.17) is 0 Å². The van der Waals surface area contributed by atoms with E-state index in [1.54, 1.807) is 0 Å². The Hall–Kier alpha value is -2.08. The van der Waals surface area contributed by atoms with Gasteiger partial charge in [0.2, 0.25) is 0 Å². The van der Waals surface area contributed by atoms with Crippen molar-refractivity contribution in [3.05, 3.63) is 65.2 Å². The minimum Gasteiger partial charge on any atom is -0.0871 e. The van der Waals surface area contributed by atoms with E-state index < -0.39 is 0 Å². The first-order valence-corrected chi connectivity index (χ1v) is 7.76. The van der Waals surface area contributed by atoms with Gasteiger partial charge in [0.05, 0.1) is 0 Å². The normalized spacial score (nSPS) is 10.9. The van der Waals surface area contributed by atoms with Crippen molar-refractivity contribution in [2.45, 2.75) is 34.6 Å². The third kappa shape index (κ3) is 2.85. The molecule has 108 valence electrons. The van der Waals surface area contributed by atoms with Crippen molar-refractivity contribution >= 4 is 27.6 Å². The molecule has 0 fully saturated rings. The lowest BCUT2D eigenvalue weighted by Crippen LogP contribution is -1.86. The van der Waals surface area contributed by atoms with E-state index in [0.29, 0.717) is 0 Å². The van der Waals surface area contributed by atoms with Crippen LogP contribution in [0.1, 0.15) is 37.5 Å². The van der Waals surface area contributed by atoms with Crippen molar-refractivity contribution in [2.24, 2.45) is 0 Å². The van der Waals surface area contributed by atoms with Gasteiger partial charge < -0.3 is 0 Å². The first kappa shape index (κ1) is 15.3. The highest BCUT2D eigenvalue weighted by Gasteiger charge is 2.05. The molecule has 0 heteroatoms. The Labute approximate surface area is 128 Å². The highest BCUT2D eigenvalue weighted by Crippen LogP contribution is 2.30. The molecule has 0 unspecified atom stereocenters. The van der Waals surface area contributed by atoms with E-state index in [-0.39, 0.29) is 0 Å². The van der Waals surface area contributed by atoms with Crippen LogP contribution in [0.3, 0.4) is 0 Å². The topological polar surface area (TPSA) is 0 Å². The van der Waals surface area contributed by atoms with Crippen molar-refractivity contribution in [3.63, 3.8) is 0 Å². The molecule has 0 N–H and O–H groups in total. The third-order valence-electron chi connectivity index (χ3n) is 3.80. The van der Waals surface area contributed by atoms with Crippen LogP contribution in [0, 0.1) is 13.8 Å². The van der Waals surface area contributed by atoms with E-state index in [9.17, 15) is 0 Å². The van der Waals surface area contributed by atoms with Crippen molar-refractivity contribution in [1.82, 2.24) is 0 Å². The van der Waals surface area contributed by atoms with Crippen LogP contribution in [-0.4, -0.2) is 0 Å². The molecular formula is C21H24. The standard InChI is InChI=1S/C19H18.C2H6/c1-4-7-15-12-16-10-14(3)17-8-5-6-9-18(17)19(16)11-13(15)2;1-2/h4-12H,1-3H3;1-2H3/b7-4-;. The van der Waals surface area contributed by atoms with Gasteiger partial charge in [-0.2, -0.15) is 0 Å². The molecule has 0 atom stereocenters. The fraction of sp³-hybridized carbons (Fsp3) is 0.238. The largest absolute Gasteiger partial charge is 0.0871 e. The van der Waals surface area contributed by atoms with E-state index >= 15 is 0 Å². The zero-order valence-corrected chi connectivity index (χ0v) is 13.7. The first-order chi connectivity index (χ1) is 10.2. The molecule has 0 radical (unpaired) electrons. The zero-order chi connectivity index (χ0) is 15.4. The molecule has 0 aliphatic carbocycles. The molecule has 3 rings (SSSR count). The summed E-state index contributed by atoms with van der Waals surface area (Å²) >= 11 is 0. The van der Waals surface area contributed by atoms with Crippen LogP contribution in [0.4, 0.5) is 0 Å². The van der Waals surface area contributed by atoms with E-state index in [1.165, 1.54) is 38.2 Å². The molecule has 0 bridgehead atoms. The molecule has 0 nitrogen and oxygen atoms in total. The summed E-state index contributed by atoms with van der Waals surface area (Å²) < 4.78 is 0. The smallest absolute Gasteiger partial charge is 0.0102 e. The highest BCUT2D eigenvalue weighted by atomic mass is 14.1. The molecular weight excluding hydrogens is 252 g/mol. The summed E-state index contributed by atoms with van der Waals surface area (Å²) in [5.41, 5.74) is 3.99. The molecule has 3 aromatic carbocycles. The van der Waals surface area contributed by atoms with Gasteiger partial charge in [0.25, 0.3) is 0 Å². The predicted octanol–water partition coefficient (Wildman–Crippen LogP) is 6.67. The summed E-state index contributed by atoms with van der Waals surface area (Å²) in [5, 5.41) is 5.39. The first-order valence-electron chi connectivity index (χ1n) is 7.76. The van der Waals surface area contributed by atoms with Crippen molar-refractivity contribution in [2.75, 3.05) is 0 Å². The number of benzene rings is 3. The minimum atomic E-state index is 1.31. The van der Waals surface area contributed by atoms with Gasteiger partial charge in [0.15, 0.2) is 0 Å². The molecule has 0 amide bonds. The maximum Gasteiger partial charge on any atom is -0.0102 e. The SMILES string of the molecule is C/C=C\c1cc2cc(C)c3ccccc3c2cc1C.CC. The molecule has 3 aromatic rings. The van der Waals surface area contributed by atoms with E-state index in [2.05, 4.69) is 75.4 Å². The van der Waals surface area contributed by atoms with Gasteiger partial charge in [-0.3, -0.25) is 0 Å². The van der Waals surface area contributed by atoms with Gasteiger partial charge in [-0.1, -0.05) is 62.4 Å². The van der Waals surface area contributed by atoms with E-state index in [0.717, 1.165) is 0 Å². The maximum absolute atomic E-state index is 2.31. The monoisotopic (exact) mass is 276 g/mol. The fourth-order valence-corrected chi connectivity index (χ4v) is 2.83. The molecule has 0 heterocycles. The van der Waals surface area contributed by atoms with E-state index in [1.807, 2.05) is 13.8 Å². The second-order valence-electron chi connectivity index (χ2n) is 5.17. The van der Waals surface area contributed by atoms with Crippen molar-refractivity contribution < 1.29 is 0 Å². The Bertz CT molecular complexity index is 792. The number of hydrogen-bond acceptors (Lipinski definition) is 0. The van der Waals surface area contributed by atoms with Crippen LogP contribution >= 0.6 is 0 Å². The van der Waals surface area contributed by atoms with Gasteiger partial charge in [-0.05, 0) is 65.1 Å². The van der Waals surface area contributed by atoms with Crippen LogP contribution in [0.15, 0.2) is 48.5 Å². The maximum atomic E-state index is 2.31. The van der Waals surface area contributed by atoms with Crippen LogP contribution in [0.25, 0.3) is 27.6 Å². The van der Waals surface area contributed by atoms with Crippen molar-refractivity contribution in [1.29, 1.82) is 0 Å². The average Bonchev–Trinajstić information content (AvgIpc) is 2.52. The molecule has 0 aromatic heterocycles. The summed E-state index contributed by atoms with van der Waals surface area (Å²) in [6.07, 6.45) is 4.28. The second-order valence-corrected chi connectivity index (χ2v) is 5.17. The summed E-state index contributed by atoms with van der Waals surface area (Å²) in [5.74, 6) is 0. The third-order valence-corrected chi connectivity index (χ3v) is 3.80. The molecule has 0 aliphatic rings. The van der Waals surface area contributed by atoms with Gasteiger partial charge in [0.1, 0.15) is 0 Å². The summed E-state index contributed by atoms with van der Waals surface area (Å²) in [4.78, 5) is 0. The summed E-state index contributed by atoms with van der Waals surface area (Å²) in [6.45, 7) is 10.4. The van der Waals surface area contributed by atoms with Gasteiger partial charge >= 0.3 is 0 Å². The lowest BCUT2D eigenvalue weighted by atomic mass is 9.94. The van der Waals surface area contributed by atoms with Crippen LogP contribution in [-0.2, 0) is 0 Å². The number of allylic oxidation sites excluding steroid dienone is 1. The van der Waals surface area contributed by atoms with Crippen LogP contribution in [0.2, 0.25) is 0 Å². The number of rotatable bonds is 1. The Kier molecular flexibility index (Phi) is 4.80. The highest BCUT2D eigenvalue weighted by molar-refractivity contribution is 6.09.